The minimum Gasteiger partial charge on any atom is -0.493 e. The number of benzene rings is 2. The zero-order valence-corrected chi connectivity index (χ0v) is 19.9. The van der Waals surface area contributed by atoms with Crippen LogP contribution in [0.15, 0.2) is 35.7 Å². The van der Waals surface area contributed by atoms with Crippen molar-refractivity contribution in [2.75, 3.05) is 26.1 Å². The number of carbonyl (C=O) groups is 2. The first-order chi connectivity index (χ1) is 16.8. The van der Waals surface area contributed by atoms with Gasteiger partial charge >= 0.3 is 0 Å². The van der Waals surface area contributed by atoms with Gasteiger partial charge < -0.3 is 19.5 Å². The summed E-state index contributed by atoms with van der Waals surface area (Å²) in [6.07, 6.45) is 0.651. The predicted molar refractivity (Wildman–Crippen MR) is 128 cm³/mol. The van der Waals surface area contributed by atoms with Gasteiger partial charge in [0, 0.05) is 35.9 Å². The van der Waals surface area contributed by atoms with Crippen molar-refractivity contribution >= 4 is 34.0 Å². The van der Waals surface area contributed by atoms with Crippen molar-refractivity contribution in [1.29, 1.82) is 0 Å². The molecule has 0 spiro atoms. The normalized spacial score (nSPS) is 14.3. The van der Waals surface area contributed by atoms with E-state index in [1.54, 1.807) is 5.38 Å². The zero-order valence-electron chi connectivity index (χ0n) is 19.1. The molecule has 1 unspecified atom stereocenters. The Kier molecular flexibility index (Phi) is 6.82. The van der Waals surface area contributed by atoms with Gasteiger partial charge in [0.05, 0.1) is 43.6 Å². The number of nitro benzene ring substituents is 1. The largest absolute Gasteiger partial charge is 0.493 e. The van der Waals surface area contributed by atoms with E-state index < -0.39 is 16.5 Å². The highest BCUT2D eigenvalue weighted by Gasteiger charge is 2.26. The Bertz CT molecular complexity index is 1310. The maximum Gasteiger partial charge on any atom is 0.286 e. The lowest BCUT2D eigenvalue weighted by Crippen LogP contribution is -2.30. The van der Waals surface area contributed by atoms with Crippen molar-refractivity contribution in [2.45, 2.75) is 19.4 Å². The summed E-state index contributed by atoms with van der Waals surface area (Å²) in [5, 5.41) is 19.1. The van der Waals surface area contributed by atoms with Crippen LogP contribution >= 0.6 is 11.3 Å². The number of thiazole rings is 1. The molecule has 35 heavy (non-hydrogen) atoms. The number of ether oxygens (including phenoxy) is 3. The molecule has 2 aromatic carbocycles. The second-order valence-corrected chi connectivity index (χ2v) is 8.47. The lowest BCUT2D eigenvalue weighted by Gasteiger charge is -2.26. The Labute approximate surface area is 204 Å². The van der Waals surface area contributed by atoms with Gasteiger partial charge in [0.15, 0.2) is 16.6 Å². The highest BCUT2D eigenvalue weighted by Crippen LogP contribution is 2.37. The van der Waals surface area contributed by atoms with Crippen molar-refractivity contribution in [1.82, 2.24) is 10.3 Å². The van der Waals surface area contributed by atoms with Crippen LogP contribution in [0.1, 0.15) is 35.3 Å². The molecule has 0 radical (unpaired) electrons. The van der Waals surface area contributed by atoms with Crippen molar-refractivity contribution in [3.05, 3.63) is 57.0 Å². The van der Waals surface area contributed by atoms with E-state index in [1.807, 2.05) is 18.2 Å². The molecule has 0 fully saturated rings. The lowest BCUT2D eigenvalue weighted by molar-refractivity contribution is -0.385. The maximum atomic E-state index is 12.9. The van der Waals surface area contributed by atoms with Crippen LogP contribution in [0.25, 0.3) is 11.3 Å². The number of amides is 2. The average molecular weight is 499 g/mol. The Morgan fingerprint density at radius 1 is 1.20 bits per heavy atom. The number of nitro groups is 1. The van der Waals surface area contributed by atoms with Crippen LogP contribution in [0.3, 0.4) is 0 Å². The lowest BCUT2D eigenvalue weighted by atomic mass is 9.97. The molecule has 1 atom stereocenters. The molecule has 3 aromatic rings. The number of nitrogens with one attached hydrogen (secondary N) is 2. The van der Waals surface area contributed by atoms with Gasteiger partial charge in [0.25, 0.3) is 11.6 Å². The van der Waals surface area contributed by atoms with E-state index in [9.17, 15) is 19.7 Å². The Hall–Kier alpha value is -4.19. The van der Waals surface area contributed by atoms with Gasteiger partial charge in [-0.3, -0.25) is 25.0 Å². The van der Waals surface area contributed by atoms with Crippen molar-refractivity contribution < 1.29 is 28.7 Å². The first kappa shape index (κ1) is 24.0. The monoisotopic (exact) mass is 498 g/mol. The van der Waals surface area contributed by atoms with Crippen LogP contribution in [-0.2, 0) is 4.79 Å². The third-order valence-corrected chi connectivity index (χ3v) is 6.15. The van der Waals surface area contributed by atoms with Crippen LogP contribution in [-0.4, -0.2) is 42.5 Å². The van der Waals surface area contributed by atoms with Crippen LogP contribution in [0.2, 0.25) is 0 Å². The van der Waals surface area contributed by atoms with Gasteiger partial charge in [-0.1, -0.05) is 0 Å². The third-order valence-electron chi connectivity index (χ3n) is 5.39. The molecule has 0 saturated carbocycles. The molecule has 182 valence electrons. The Balaban J connectivity index is 1.59. The zero-order chi connectivity index (χ0) is 25.1. The first-order valence-corrected chi connectivity index (χ1v) is 11.4. The summed E-state index contributed by atoms with van der Waals surface area (Å²) < 4.78 is 16.0. The van der Waals surface area contributed by atoms with Crippen LogP contribution < -0.4 is 24.8 Å². The summed E-state index contributed by atoms with van der Waals surface area (Å²) in [7, 11) is 2.72. The SMILES string of the molecule is COc1cc(C(=O)Nc2nc(-c3ccc4c(c3)C(NC(C)=O)CCO4)cs2)c([N+](=O)[O-])cc1OC. The Morgan fingerprint density at radius 3 is 2.63 bits per heavy atom. The fraction of sp³-hybridized carbons (Fsp3) is 0.261. The van der Waals surface area contributed by atoms with Gasteiger partial charge in [-0.15, -0.1) is 11.3 Å². The highest BCUT2D eigenvalue weighted by molar-refractivity contribution is 7.14. The number of carbonyl (C=O) groups excluding carboxylic acids is 2. The van der Waals surface area contributed by atoms with E-state index in [2.05, 4.69) is 15.6 Å². The summed E-state index contributed by atoms with van der Waals surface area (Å²) in [5.41, 5.74) is 1.62. The molecule has 0 bridgehead atoms. The molecule has 4 rings (SSSR count). The summed E-state index contributed by atoms with van der Waals surface area (Å²) >= 11 is 1.18. The van der Waals surface area contributed by atoms with E-state index in [0.29, 0.717) is 24.5 Å². The average Bonchev–Trinajstić information content (AvgIpc) is 3.31. The van der Waals surface area contributed by atoms with Crippen molar-refractivity contribution in [2.24, 2.45) is 0 Å². The first-order valence-electron chi connectivity index (χ1n) is 10.5. The second kappa shape index (κ2) is 9.97. The molecule has 0 aliphatic carbocycles. The fourth-order valence-electron chi connectivity index (χ4n) is 3.78. The molecule has 1 aromatic heterocycles. The molecule has 1 aliphatic heterocycles. The predicted octanol–water partition coefficient (Wildman–Crippen LogP) is 3.95. The summed E-state index contributed by atoms with van der Waals surface area (Å²) in [6.45, 7) is 1.98. The summed E-state index contributed by atoms with van der Waals surface area (Å²) in [6, 6.07) is 7.79. The van der Waals surface area contributed by atoms with Crippen LogP contribution in [0, 0.1) is 10.1 Å². The summed E-state index contributed by atoms with van der Waals surface area (Å²) in [5.74, 6) is 0.192. The van der Waals surface area contributed by atoms with E-state index in [1.165, 1.54) is 38.5 Å². The number of fused-ring (bicyclic) bond motifs is 1. The minimum atomic E-state index is -0.705. The smallest absolute Gasteiger partial charge is 0.286 e. The third kappa shape index (κ3) is 5.01. The van der Waals surface area contributed by atoms with Gasteiger partial charge in [0.1, 0.15) is 11.3 Å². The number of hydrogen-bond acceptors (Lipinski definition) is 9. The van der Waals surface area contributed by atoms with E-state index in [-0.39, 0.29) is 34.1 Å². The topological polar surface area (TPSA) is 142 Å². The minimum absolute atomic E-state index is 0.129. The maximum absolute atomic E-state index is 12.9. The number of methoxy groups -OCH3 is 2. The Morgan fingerprint density at radius 2 is 1.94 bits per heavy atom. The van der Waals surface area contributed by atoms with Crippen LogP contribution in [0.4, 0.5) is 10.8 Å². The van der Waals surface area contributed by atoms with Gasteiger partial charge in [-0.05, 0) is 18.2 Å². The number of nitrogens with zero attached hydrogens (tertiary/aromatic N) is 2. The number of anilines is 1. The fourth-order valence-corrected chi connectivity index (χ4v) is 4.49. The highest BCUT2D eigenvalue weighted by atomic mass is 32.1. The second-order valence-electron chi connectivity index (χ2n) is 7.62. The molecule has 1 aliphatic rings. The number of hydrogen-bond donors (Lipinski definition) is 2. The quantitative estimate of drug-likeness (QED) is 0.368. The van der Waals surface area contributed by atoms with E-state index >= 15 is 0 Å². The van der Waals surface area contributed by atoms with Crippen molar-refractivity contribution in [3.8, 4) is 28.5 Å². The molecule has 11 nitrogen and oxygen atoms in total. The molecule has 12 heteroatoms. The summed E-state index contributed by atoms with van der Waals surface area (Å²) in [4.78, 5) is 39.8. The van der Waals surface area contributed by atoms with Gasteiger partial charge in [-0.2, -0.15) is 0 Å². The van der Waals surface area contributed by atoms with E-state index in [0.717, 1.165) is 17.2 Å². The van der Waals surface area contributed by atoms with Crippen molar-refractivity contribution in [3.63, 3.8) is 0 Å². The van der Waals surface area contributed by atoms with E-state index in [4.69, 9.17) is 14.2 Å². The molecular weight excluding hydrogens is 476 g/mol. The standard InChI is InChI=1S/C23H22N4O7S/c1-12(28)24-16-6-7-34-19-5-4-13(8-14(16)19)17-11-35-23(25-17)26-22(29)15-9-20(32-2)21(33-3)10-18(15)27(30)31/h4-5,8-11,16H,6-7H2,1-3H3,(H,24,28)(H,25,26,29). The molecule has 2 heterocycles. The molecule has 2 N–H and O–H groups in total. The molecule has 0 saturated heterocycles. The van der Waals surface area contributed by atoms with Gasteiger partial charge in [0.2, 0.25) is 5.91 Å². The van der Waals surface area contributed by atoms with Gasteiger partial charge in [-0.25, -0.2) is 4.98 Å². The molecule has 2 amide bonds. The number of aromatic nitrogens is 1. The van der Waals surface area contributed by atoms with Crippen LogP contribution in [0.5, 0.6) is 17.2 Å². The number of rotatable bonds is 7. The molecular formula is C23H22N4O7S.